The second-order valence-electron chi connectivity index (χ2n) is 7.02. The summed E-state index contributed by atoms with van der Waals surface area (Å²) in [5.41, 5.74) is 0.967. The average Bonchev–Trinajstić information content (AvgIpc) is 2.74. The largest absolute Gasteiger partial charge is 0.352 e. The number of hydrogen-bond donors (Lipinski definition) is 1. The molecule has 7 nitrogen and oxygen atoms in total. The zero-order valence-corrected chi connectivity index (χ0v) is 16.3. The Morgan fingerprint density at radius 3 is 2.43 bits per heavy atom. The molecule has 3 heterocycles. The normalized spacial score (nSPS) is 14.0. The molecule has 0 atom stereocenters. The molecule has 0 saturated carbocycles. The van der Waals surface area contributed by atoms with Gasteiger partial charge >= 0.3 is 0 Å². The summed E-state index contributed by atoms with van der Waals surface area (Å²) in [5, 5.41) is 11.6. The highest BCUT2D eigenvalue weighted by Crippen LogP contribution is 2.19. The predicted octanol–water partition coefficient (Wildman–Crippen LogP) is 3.16. The predicted molar refractivity (Wildman–Crippen MR) is 109 cm³/mol. The van der Waals surface area contributed by atoms with Crippen LogP contribution in [-0.4, -0.2) is 52.2 Å². The van der Waals surface area contributed by atoms with Gasteiger partial charge in [-0.25, -0.2) is 13.8 Å². The van der Waals surface area contributed by atoms with Crippen LogP contribution in [0, 0.1) is 18.6 Å². The van der Waals surface area contributed by atoms with Gasteiger partial charge in [0, 0.05) is 38.4 Å². The number of aryl methyl sites for hydroxylation is 1. The third-order valence-corrected chi connectivity index (χ3v) is 4.87. The van der Waals surface area contributed by atoms with Gasteiger partial charge in [0.1, 0.15) is 17.5 Å². The molecule has 1 fully saturated rings. The highest BCUT2D eigenvalue weighted by molar-refractivity contribution is 5.94. The number of carbonyl (C=O) groups excluding carboxylic acids is 1. The Morgan fingerprint density at radius 2 is 1.77 bits per heavy atom. The number of nitrogens with zero attached hydrogens (tertiary/aromatic N) is 5. The summed E-state index contributed by atoms with van der Waals surface area (Å²) in [7, 11) is 0. The van der Waals surface area contributed by atoms with Gasteiger partial charge in [0.15, 0.2) is 11.6 Å². The Morgan fingerprint density at radius 1 is 0.967 bits per heavy atom. The third-order valence-electron chi connectivity index (χ3n) is 4.87. The molecular formula is C21H20F2N6O. The van der Waals surface area contributed by atoms with E-state index in [1.165, 1.54) is 6.07 Å². The molecule has 1 aliphatic rings. The molecule has 30 heavy (non-hydrogen) atoms. The zero-order valence-electron chi connectivity index (χ0n) is 16.3. The lowest BCUT2D eigenvalue weighted by atomic mass is 10.1. The van der Waals surface area contributed by atoms with Gasteiger partial charge in [0.25, 0.3) is 5.91 Å². The van der Waals surface area contributed by atoms with Crippen molar-refractivity contribution < 1.29 is 13.6 Å². The van der Waals surface area contributed by atoms with Gasteiger partial charge in [0.05, 0.1) is 5.56 Å². The van der Waals surface area contributed by atoms with Crippen molar-refractivity contribution >= 4 is 23.4 Å². The number of rotatable bonds is 4. The van der Waals surface area contributed by atoms with Crippen LogP contribution in [0.15, 0.2) is 48.7 Å². The summed E-state index contributed by atoms with van der Waals surface area (Å²) >= 11 is 0. The molecular weight excluding hydrogens is 390 g/mol. The van der Waals surface area contributed by atoms with E-state index >= 15 is 0 Å². The Bertz CT molecular complexity index is 1050. The number of aromatic nitrogens is 3. The SMILES string of the molecule is Cc1ccnc(Nc2ccc(N3CCN(C(=O)c4ccc(F)cc4F)CC3)nn2)c1. The van der Waals surface area contributed by atoms with Gasteiger partial charge < -0.3 is 15.1 Å². The van der Waals surface area contributed by atoms with Crippen LogP contribution in [0.4, 0.5) is 26.2 Å². The lowest BCUT2D eigenvalue weighted by molar-refractivity contribution is 0.0741. The number of carbonyl (C=O) groups is 1. The van der Waals surface area contributed by atoms with E-state index < -0.39 is 17.5 Å². The van der Waals surface area contributed by atoms with Gasteiger partial charge in [-0.1, -0.05) is 0 Å². The van der Waals surface area contributed by atoms with Gasteiger partial charge in [0.2, 0.25) is 0 Å². The van der Waals surface area contributed by atoms with Crippen molar-refractivity contribution in [3.05, 3.63) is 71.4 Å². The van der Waals surface area contributed by atoms with Crippen molar-refractivity contribution in [3.63, 3.8) is 0 Å². The lowest BCUT2D eigenvalue weighted by Crippen LogP contribution is -2.49. The topological polar surface area (TPSA) is 74.2 Å². The van der Waals surface area contributed by atoms with Crippen molar-refractivity contribution in [2.75, 3.05) is 36.4 Å². The molecule has 2 aromatic heterocycles. The molecule has 1 amide bonds. The molecule has 1 aromatic carbocycles. The first-order chi connectivity index (χ1) is 14.5. The maximum absolute atomic E-state index is 13.9. The number of piperazine rings is 1. The number of benzene rings is 1. The van der Waals surface area contributed by atoms with Crippen LogP contribution >= 0.6 is 0 Å². The van der Waals surface area contributed by atoms with E-state index in [9.17, 15) is 13.6 Å². The van der Waals surface area contributed by atoms with E-state index in [1.807, 2.05) is 36.1 Å². The maximum atomic E-state index is 13.9. The second-order valence-corrected chi connectivity index (χ2v) is 7.02. The fraction of sp³-hybridized carbons (Fsp3) is 0.238. The molecule has 0 spiro atoms. The number of pyridine rings is 1. The van der Waals surface area contributed by atoms with Crippen LogP contribution in [0.2, 0.25) is 0 Å². The Kier molecular flexibility index (Phi) is 5.51. The van der Waals surface area contributed by atoms with E-state index in [4.69, 9.17) is 0 Å². The Balaban J connectivity index is 1.36. The minimum Gasteiger partial charge on any atom is -0.352 e. The van der Waals surface area contributed by atoms with Gasteiger partial charge in [-0.2, -0.15) is 0 Å². The summed E-state index contributed by atoms with van der Waals surface area (Å²) < 4.78 is 27.0. The standard InChI is InChI=1S/C21H20F2N6O/c1-14-6-7-24-19(12-14)25-18-4-5-20(27-26-18)28-8-10-29(11-9-28)21(30)16-3-2-15(22)13-17(16)23/h2-7,12-13H,8-11H2,1H3,(H,24,25,26). The Hall–Kier alpha value is -3.62. The molecule has 3 aromatic rings. The number of anilines is 3. The van der Waals surface area contributed by atoms with Crippen LogP contribution in [0.5, 0.6) is 0 Å². The molecule has 154 valence electrons. The van der Waals surface area contributed by atoms with Crippen LogP contribution in [0.3, 0.4) is 0 Å². The third kappa shape index (κ3) is 4.35. The summed E-state index contributed by atoms with van der Waals surface area (Å²) in [6.07, 6.45) is 1.72. The summed E-state index contributed by atoms with van der Waals surface area (Å²) in [4.78, 5) is 20.3. The Labute approximate surface area is 172 Å². The van der Waals surface area contributed by atoms with Crippen LogP contribution in [0.25, 0.3) is 0 Å². The number of nitrogens with one attached hydrogen (secondary N) is 1. The van der Waals surface area contributed by atoms with E-state index in [0.717, 1.165) is 17.7 Å². The first-order valence-corrected chi connectivity index (χ1v) is 9.52. The van der Waals surface area contributed by atoms with E-state index in [-0.39, 0.29) is 5.56 Å². The van der Waals surface area contributed by atoms with Crippen LogP contribution in [0.1, 0.15) is 15.9 Å². The first kappa shape index (κ1) is 19.7. The molecule has 0 bridgehead atoms. The highest BCUT2D eigenvalue weighted by atomic mass is 19.1. The van der Waals surface area contributed by atoms with Crippen molar-refractivity contribution in [1.82, 2.24) is 20.1 Å². The number of halogens is 2. The minimum atomic E-state index is -0.848. The lowest BCUT2D eigenvalue weighted by Gasteiger charge is -2.35. The summed E-state index contributed by atoms with van der Waals surface area (Å²) in [6.45, 7) is 3.87. The number of amides is 1. The highest BCUT2D eigenvalue weighted by Gasteiger charge is 2.25. The van der Waals surface area contributed by atoms with Crippen molar-refractivity contribution in [2.45, 2.75) is 6.92 Å². The molecule has 1 N–H and O–H groups in total. The number of hydrogen-bond acceptors (Lipinski definition) is 6. The molecule has 1 aliphatic heterocycles. The quantitative estimate of drug-likeness (QED) is 0.712. The van der Waals surface area contributed by atoms with Crippen LogP contribution < -0.4 is 10.2 Å². The summed E-state index contributed by atoms with van der Waals surface area (Å²) in [6, 6.07) is 10.5. The molecule has 0 aliphatic carbocycles. The molecule has 0 unspecified atom stereocenters. The zero-order chi connectivity index (χ0) is 21.1. The molecule has 1 saturated heterocycles. The average molecular weight is 410 g/mol. The first-order valence-electron chi connectivity index (χ1n) is 9.52. The van der Waals surface area contributed by atoms with Gasteiger partial charge in [-0.15, -0.1) is 10.2 Å². The summed E-state index contributed by atoms with van der Waals surface area (Å²) in [5.74, 6) is -0.0288. The van der Waals surface area contributed by atoms with Gasteiger partial charge in [-0.05, 0) is 48.9 Å². The monoisotopic (exact) mass is 410 g/mol. The van der Waals surface area contributed by atoms with E-state index in [0.29, 0.717) is 43.6 Å². The van der Waals surface area contributed by atoms with Gasteiger partial charge in [-0.3, -0.25) is 4.79 Å². The fourth-order valence-electron chi connectivity index (χ4n) is 3.27. The molecule has 4 rings (SSSR count). The maximum Gasteiger partial charge on any atom is 0.256 e. The van der Waals surface area contributed by atoms with E-state index in [1.54, 1.807) is 11.1 Å². The van der Waals surface area contributed by atoms with Crippen molar-refractivity contribution in [3.8, 4) is 0 Å². The van der Waals surface area contributed by atoms with E-state index in [2.05, 4.69) is 20.5 Å². The second kappa shape index (κ2) is 8.40. The van der Waals surface area contributed by atoms with Crippen molar-refractivity contribution in [1.29, 1.82) is 0 Å². The minimum absolute atomic E-state index is 0.121. The van der Waals surface area contributed by atoms with Crippen molar-refractivity contribution in [2.24, 2.45) is 0 Å². The molecule has 9 heteroatoms. The van der Waals surface area contributed by atoms with Crippen LogP contribution in [-0.2, 0) is 0 Å². The fourth-order valence-corrected chi connectivity index (χ4v) is 3.27. The molecule has 0 radical (unpaired) electrons. The smallest absolute Gasteiger partial charge is 0.256 e.